The Balaban J connectivity index is 2.31. The van der Waals surface area contributed by atoms with Gasteiger partial charge < -0.3 is 15.8 Å². The predicted molar refractivity (Wildman–Crippen MR) is 80.6 cm³/mol. The molecule has 2 aromatic carbocycles. The third kappa shape index (κ3) is 3.60. The van der Waals surface area contributed by atoms with Gasteiger partial charge in [0, 0.05) is 11.3 Å². The minimum Gasteiger partial charge on any atom is -0.468 e. The number of esters is 1. The minimum atomic E-state index is -0.500. The molecular formula is C16H16N2O3. The van der Waals surface area contributed by atoms with Gasteiger partial charge in [0.15, 0.2) is 0 Å². The fourth-order valence-electron chi connectivity index (χ4n) is 1.94. The van der Waals surface area contributed by atoms with Gasteiger partial charge in [0.05, 0.1) is 7.11 Å². The number of carbonyl (C=O) groups excluding carboxylic acids is 2. The van der Waals surface area contributed by atoms with Crippen molar-refractivity contribution in [3.05, 3.63) is 54.1 Å². The molecule has 0 radical (unpaired) electrons. The van der Waals surface area contributed by atoms with E-state index in [-0.39, 0.29) is 12.5 Å². The molecule has 0 atom stereocenters. The number of ether oxygens (including phenoxy) is 1. The summed E-state index contributed by atoms with van der Waals surface area (Å²) < 4.78 is 4.50. The van der Waals surface area contributed by atoms with E-state index in [9.17, 15) is 9.59 Å². The molecule has 0 saturated carbocycles. The number of nitrogens with two attached hydrogens (primary N) is 1. The average Bonchev–Trinajstić information content (AvgIpc) is 2.53. The van der Waals surface area contributed by atoms with Crippen molar-refractivity contribution in [2.75, 3.05) is 19.4 Å². The van der Waals surface area contributed by atoms with Crippen LogP contribution in [0.1, 0.15) is 10.4 Å². The number of hydrogen-bond acceptors (Lipinski definition) is 4. The molecule has 0 saturated heterocycles. The number of carbonyl (C=O) groups is 2. The van der Waals surface area contributed by atoms with Crippen molar-refractivity contribution in [2.45, 2.75) is 0 Å². The van der Waals surface area contributed by atoms with Crippen LogP contribution in [0.5, 0.6) is 0 Å². The second kappa shape index (κ2) is 6.56. The molecule has 0 heterocycles. The molecule has 1 amide bonds. The van der Waals surface area contributed by atoms with Crippen LogP contribution >= 0.6 is 0 Å². The lowest BCUT2D eigenvalue weighted by atomic mass is 9.98. The predicted octanol–water partition coefficient (Wildman–Crippen LogP) is 1.84. The first kappa shape index (κ1) is 14.6. The van der Waals surface area contributed by atoms with Crippen molar-refractivity contribution >= 4 is 17.6 Å². The van der Waals surface area contributed by atoms with Gasteiger partial charge in [-0.2, -0.15) is 0 Å². The van der Waals surface area contributed by atoms with Crippen LogP contribution in [0, 0.1) is 0 Å². The van der Waals surface area contributed by atoms with E-state index in [2.05, 4.69) is 10.1 Å². The Morgan fingerprint density at radius 3 is 2.52 bits per heavy atom. The highest BCUT2D eigenvalue weighted by molar-refractivity contribution is 6.02. The largest absolute Gasteiger partial charge is 0.468 e. The number of rotatable bonds is 4. The van der Waals surface area contributed by atoms with Crippen molar-refractivity contribution in [3.8, 4) is 11.1 Å². The van der Waals surface area contributed by atoms with E-state index in [1.54, 1.807) is 18.2 Å². The summed E-state index contributed by atoms with van der Waals surface area (Å²) in [6.07, 6.45) is 0. The van der Waals surface area contributed by atoms with E-state index >= 15 is 0 Å². The summed E-state index contributed by atoms with van der Waals surface area (Å²) in [6, 6.07) is 14.5. The van der Waals surface area contributed by atoms with E-state index < -0.39 is 5.97 Å². The Morgan fingerprint density at radius 1 is 1.14 bits per heavy atom. The number of nitrogens with one attached hydrogen (secondary N) is 1. The molecular weight excluding hydrogens is 268 g/mol. The summed E-state index contributed by atoms with van der Waals surface area (Å²) in [5, 5.41) is 2.52. The third-order valence-corrected chi connectivity index (χ3v) is 2.99. The van der Waals surface area contributed by atoms with Crippen molar-refractivity contribution < 1.29 is 14.3 Å². The summed E-state index contributed by atoms with van der Waals surface area (Å²) >= 11 is 0. The SMILES string of the molecule is COC(=O)CNC(=O)c1ccc(N)cc1-c1ccccc1. The van der Waals surface area contributed by atoms with E-state index in [1.807, 2.05) is 30.3 Å². The Bertz CT molecular complexity index is 654. The molecule has 0 bridgehead atoms. The van der Waals surface area contributed by atoms with Gasteiger partial charge in [-0.25, -0.2) is 0 Å². The van der Waals surface area contributed by atoms with E-state index in [0.29, 0.717) is 11.3 Å². The Labute approximate surface area is 122 Å². The van der Waals surface area contributed by atoms with Crippen molar-refractivity contribution in [1.82, 2.24) is 5.32 Å². The lowest BCUT2D eigenvalue weighted by Crippen LogP contribution is -2.30. The van der Waals surface area contributed by atoms with Gasteiger partial charge in [-0.3, -0.25) is 9.59 Å². The van der Waals surface area contributed by atoms with E-state index in [4.69, 9.17) is 5.73 Å². The molecule has 0 aliphatic heterocycles. The molecule has 5 heteroatoms. The van der Waals surface area contributed by atoms with Gasteiger partial charge in [-0.1, -0.05) is 30.3 Å². The first-order valence-electron chi connectivity index (χ1n) is 6.42. The van der Waals surface area contributed by atoms with Crippen LogP contribution in [-0.2, 0) is 9.53 Å². The molecule has 0 aliphatic rings. The first-order chi connectivity index (χ1) is 10.1. The van der Waals surface area contributed by atoms with E-state index in [0.717, 1.165) is 11.1 Å². The second-order valence-electron chi connectivity index (χ2n) is 4.43. The van der Waals surface area contributed by atoms with Gasteiger partial charge in [-0.15, -0.1) is 0 Å². The maximum absolute atomic E-state index is 12.2. The number of anilines is 1. The Hall–Kier alpha value is -2.82. The second-order valence-corrected chi connectivity index (χ2v) is 4.43. The highest BCUT2D eigenvalue weighted by atomic mass is 16.5. The number of hydrogen-bond donors (Lipinski definition) is 2. The standard InChI is InChI=1S/C16H16N2O3/c1-21-15(19)10-18-16(20)13-8-7-12(17)9-14(13)11-5-3-2-4-6-11/h2-9H,10,17H2,1H3,(H,18,20). The van der Waals surface area contributed by atoms with Gasteiger partial charge >= 0.3 is 5.97 Å². The zero-order valence-corrected chi connectivity index (χ0v) is 11.6. The van der Waals surface area contributed by atoms with E-state index in [1.165, 1.54) is 7.11 Å². The molecule has 2 rings (SSSR count). The van der Waals surface area contributed by atoms with Crippen LogP contribution in [0.3, 0.4) is 0 Å². The van der Waals surface area contributed by atoms with Crippen LogP contribution < -0.4 is 11.1 Å². The van der Waals surface area contributed by atoms with Crippen molar-refractivity contribution in [2.24, 2.45) is 0 Å². The van der Waals surface area contributed by atoms with Gasteiger partial charge in [-0.05, 0) is 29.3 Å². The zero-order chi connectivity index (χ0) is 15.2. The number of amides is 1. The summed E-state index contributed by atoms with van der Waals surface area (Å²) in [4.78, 5) is 23.3. The highest BCUT2D eigenvalue weighted by Gasteiger charge is 2.14. The van der Waals surface area contributed by atoms with Crippen LogP contribution in [0.25, 0.3) is 11.1 Å². The van der Waals surface area contributed by atoms with Crippen LogP contribution in [-0.4, -0.2) is 25.5 Å². The zero-order valence-electron chi connectivity index (χ0n) is 11.6. The summed E-state index contributed by atoms with van der Waals surface area (Å²) in [5.74, 6) is -0.848. The molecule has 0 unspecified atom stereocenters. The van der Waals surface area contributed by atoms with Crippen LogP contribution in [0.2, 0.25) is 0 Å². The molecule has 0 spiro atoms. The van der Waals surface area contributed by atoms with Gasteiger partial charge in [0.25, 0.3) is 5.91 Å². The Kier molecular flexibility index (Phi) is 4.56. The normalized spacial score (nSPS) is 9.95. The quantitative estimate of drug-likeness (QED) is 0.663. The highest BCUT2D eigenvalue weighted by Crippen LogP contribution is 2.25. The van der Waals surface area contributed by atoms with Crippen molar-refractivity contribution in [1.29, 1.82) is 0 Å². The molecule has 0 aromatic heterocycles. The van der Waals surface area contributed by atoms with Gasteiger partial charge in [0.1, 0.15) is 6.54 Å². The number of nitrogen functional groups attached to an aromatic ring is 1. The smallest absolute Gasteiger partial charge is 0.325 e. The molecule has 5 nitrogen and oxygen atoms in total. The topological polar surface area (TPSA) is 81.4 Å². The molecule has 21 heavy (non-hydrogen) atoms. The molecule has 0 fully saturated rings. The summed E-state index contributed by atoms with van der Waals surface area (Å²) in [6.45, 7) is -0.173. The average molecular weight is 284 g/mol. The minimum absolute atomic E-state index is 0.173. The molecule has 2 aromatic rings. The first-order valence-corrected chi connectivity index (χ1v) is 6.42. The lowest BCUT2D eigenvalue weighted by Gasteiger charge is -2.11. The molecule has 108 valence electrons. The van der Waals surface area contributed by atoms with Crippen LogP contribution in [0.4, 0.5) is 5.69 Å². The number of methoxy groups -OCH3 is 1. The lowest BCUT2D eigenvalue weighted by molar-refractivity contribution is -0.139. The fourth-order valence-corrected chi connectivity index (χ4v) is 1.94. The Morgan fingerprint density at radius 2 is 1.86 bits per heavy atom. The monoisotopic (exact) mass is 284 g/mol. The van der Waals surface area contributed by atoms with Gasteiger partial charge in [0.2, 0.25) is 0 Å². The van der Waals surface area contributed by atoms with Crippen molar-refractivity contribution in [3.63, 3.8) is 0 Å². The maximum Gasteiger partial charge on any atom is 0.325 e. The fraction of sp³-hybridized carbons (Fsp3) is 0.125. The third-order valence-electron chi connectivity index (χ3n) is 2.99. The molecule has 3 N–H and O–H groups in total. The van der Waals surface area contributed by atoms with Crippen LogP contribution in [0.15, 0.2) is 48.5 Å². The maximum atomic E-state index is 12.2. The summed E-state index contributed by atoms with van der Waals surface area (Å²) in [7, 11) is 1.27. The molecule has 0 aliphatic carbocycles. The number of benzene rings is 2. The summed E-state index contributed by atoms with van der Waals surface area (Å²) in [5.41, 5.74) is 8.43.